The lowest BCUT2D eigenvalue weighted by molar-refractivity contribution is -0.122. The standard InChI is InChI=1S/C21H24F2N2O.ClH/c1-12(2)13-6-8-14(9-7-13)19(24)11-25-21(26)17-10-16(17)15-4-3-5-18(22)20(15)23;/h3-9,12,16-17,19H,10-11,24H2,1-2H3,(H,25,26);1H. The fraction of sp³-hybridized carbons (Fsp3) is 0.381. The molecule has 3 atom stereocenters. The second kappa shape index (κ2) is 8.81. The van der Waals surface area contributed by atoms with Gasteiger partial charge in [-0.1, -0.05) is 50.2 Å². The van der Waals surface area contributed by atoms with Crippen LogP contribution in [0.4, 0.5) is 8.78 Å². The maximum absolute atomic E-state index is 13.8. The van der Waals surface area contributed by atoms with Gasteiger partial charge in [-0.05, 0) is 41.0 Å². The SMILES string of the molecule is CC(C)c1ccc(C(N)CNC(=O)C2CC2c2cccc(F)c2F)cc1.Cl. The van der Waals surface area contributed by atoms with E-state index < -0.39 is 11.6 Å². The molecule has 0 spiro atoms. The fourth-order valence-electron chi connectivity index (χ4n) is 3.22. The van der Waals surface area contributed by atoms with Gasteiger partial charge >= 0.3 is 0 Å². The highest BCUT2D eigenvalue weighted by Gasteiger charge is 2.45. The lowest BCUT2D eigenvalue weighted by atomic mass is 9.99. The summed E-state index contributed by atoms with van der Waals surface area (Å²) < 4.78 is 27.2. The van der Waals surface area contributed by atoms with Gasteiger partial charge in [0, 0.05) is 18.5 Å². The number of benzene rings is 2. The van der Waals surface area contributed by atoms with Gasteiger partial charge in [0.05, 0.1) is 0 Å². The Balaban J connectivity index is 0.00000261. The van der Waals surface area contributed by atoms with Crippen molar-refractivity contribution in [1.82, 2.24) is 5.32 Å². The van der Waals surface area contributed by atoms with E-state index in [1.54, 1.807) is 6.07 Å². The van der Waals surface area contributed by atoms with Crippen LogP contribution in [0.5, 0.6) is 0 Å². The molecule has 2 aromatic carbocycles. The van der Waals surface area contributed by atoms with E-state index in [0.717, 1.165) is 11.6 Å². The predicted molar refractivity (Wildman–Crippen MR) is 105 cm³/mol. The van der Waals surface area contributed by atoms with E-state index >= 15 is 0 Å². The second-order valence-electron chi connectivity index (χ2n) is 7.26. The molecule has 6 heteroatoms. The number of rotatable bonds is 6. The summed E-state index contributed by atoms with van der Waals surface area (Å²) in [5.41, 5.74) is 8.63. The third kappa shape index (κ3) is 4.85. The Hall–Kier alpha value is -1.98. The summed E-state index contributed by atoms with van der Waals surface area (Å²) in [6.07, 6.45) is 0.532. The van der Waals surface area contributed by atoms with Crippen LogP contribution < -0.4 is 11.1 Å². The summed E-state index contributed by atoms with van der Waals surface area (Å²) in [6, 6.07) is 11.8. The van der Waals surface area contributed by atoms with Crippen molar-refractivity contribution in [2.75, 3.05) is 6.54 Å². The number of carbonyl (C=O) groups excluding carboxylic acids is 1. The van der Waals surface area contributed by atoms with Crippen LogP contribution in [0.15, 0.2) is 42.5 Å². The maximum Gasteiger partial charge on any atom is 0.223 e. The summed E-state index contributed by atoms with van der Waals surface area (Å²) in [5.74, 6) is -2.01. The van der Waals surface area contributed by atoms with Crippen molar-refractivity contribution in [2.24, 2.45) is 11.7 Å². The Morgan fingerprint density at radius 1 is 1.15 bits per heavy atom. The number of hydrogen-bond acceptors (Lipinski definition) is 2. The van der Waals surface area contributed by atoms with Crippen LogP contribution in [-0.4, -0.2) is 12.5 Å². The number of nitrogens with one attached hydrogen (secondary N) is 1. The minimum Gasteiger partial charge on any atom is -0.354 e. The zero-order chi connectivity index (χ0) is 18.8. The first kappa shape index (κ1) is 21.3. The number of nitrogens with two attached hydrogens (primary N) is 1. The largest absolute Gasteiger partial charge is 0.354 e. The summed E-state index contributed by atoms with van der Waals surface area (Å²) in [4.78, 5) is 12.3. The highest BCUT2D eigenvalue weighted by molar-refractivity contribution is 5.85. The number of carbonyl (C=O) groups is 1. The third-order valence-corrected chi connectivity index (χ3v) is 5.04. The zero-order valence-electron chi connectivity index (χ0n) is 15.4. The maximum atomic E-state index is 13.8. The molecule has 1 fully saturated rings. The van der Waals surface area contributed by atoms with Crippen LogP contribution in [0, 0.1) is 17.6 Å². The molecule has 0 radical (unpaired) electrons. The molecule has 3 nitrogen and oxygen atoms in total. The van der Waals surface area contributed by atoms with Crippen LogP contribution in [0.25, 0.3) is 0 Å². The van der Waals surface area contributed by atoms with Crippen molar-refractivity contribution in [2.45, 2.75) is 38.1 Å². The molecule has 0 heterocycles. The summed E-state index contributed by atoms with van der Waals surface area (Å²) in [6.45, 7) is 4.57. The molecule has 1 amide bonds. The number of amides is 1. The van der Waals surface area contributed by atoms with Crippen molar-refractivity contribution in [1.29, 1.82) is 0 Å². The molecule has 3 unspecified atom stereocenters. The first-order valence-corrected chi connectivity index (χ1v) is 8.95. The van der Waals surface area contributed by atoms with Gasteiger partial charge in [0.2, 0.25) is 5.91 Å². The molecule has 0 bridgehead atoms. The Bertz CT molecular complexity index is 795. The minimum atomic E-state index is -0.875. The van der Waals surface area contributed by atoms with Crippen molar-refractivity contribution < 1.29 is 13.6 Å². The second-order valence-corrected chi connectivity index (χ2v) is 7.26. The molecule has 1 aliphatic carbocycles. The number of hydrogen-bond donors (Lipinski definition) is 2. The molecule has 0 aromatic heterocycles. The smallest absolute Gasteiger partial charge is 0.223 e. The molecule has 27 heavy (non-hydrogen) atoms. The van der Waals surface area contributed by atoms with Gasteiger partial charge in [-0.15, -0.1) is 12.4 Å². The Morgan fingerprint density at radius 2 is 1.78 bits per heavy atom. The van der Waals surface area contributed by atoms with E-state index in [-0.39, 0.29) is 41.8 Å². The molecule has 0 aliphatic heterocycles. The quantitative estimate of drug-likeness (QED) is 0.761. The first-order valence-electron chi connectivity index (χ1n) is 8.95. The van der Waals surface area contributed by atoms with Crippen molar-refractivity contribution in [3.63, 3.8) is 0 Å². The molecular weight excluding hydrogens is 370 g/mol. The Morgan fingerprint density at radius 3 is 2.41 bits per heavy atom. The third-order valence-electron chi connectivity index (χ3n) is 5.04. The van der Waals surface area contributed by atoms with E-state index in [2.05, 4.69) is 19.2 Å². The van der Waals surface area contributed by atoms with Gasteiger partial charge in [0.25, 0.3) is 0 Å². The average Bonchev–Trinajstić information content (AvgIpc) is 3.42. The van der Waals surface area contributed by atoms with Gasteiger partial charge < -0.3 is 11.1 Å². The molecule has 3 N–H and O–H groups in total. The normalized spacial score (nSPS) is 19.3. The molecule has 1 aliphatic rings. The fourth-order valence-corrected chi connectivity index (χ4v) is 3.22. The topological polar surface area (TPSA) is 55.1 Å². The predicted octanol–water partition coefficient (Wildman–Crippen LogP) is 4.43. The van der Waals surface area contributed by atoms with E-state index in [9.17, 15) is 13.6 Å². The molecule has 2 aromatic rings. The van der Waals surface area contributed by atoms with Crippen molar-refractivity contribution in [3.05, 3.63) is 70.8 Å². The van der Waals surface area contributed by atoms with Crippen LogP contribution >= 0.6 is 12.4 Å². The molecule has 3 rings (SSSR count). The van der Waals surface area contributed by atoms with Crippen LogP contribution in [0.1, 0.15) is 54.8 Å². The van der Waals surface area contributed by atoms with Crippen LogP contribution in [-0.2, 0) is 4.79 Å². The molecule has 1 saturated carbocycles. The molecule has 0 saturated heterocycles. The van der Waals surface area contributed by atoms with E-state index in [0.29, 0.717) is 18.9 Å². The Labute approximate surface area is 164 Å². The van der Waals surface area contributed by atoms with Crippen LogP contribution in [0.3, 0.4) is 0 Å². The van der Waals surface area contributed by atoms with Gasteiger partial charge in [0.1, 0.15) is 0 Å². The van der Waals surface area contributed by atoms with Crippen molar-refractivity contribution in [3.8, 4) is 0 Å². The minimum absolute atomic E-state index is 0. The van der Waals surface area contributed by atoms with Gasteiger partial charge in [-0.2, -0.15) is 0 Å². The summed E-state index contributed by atoms with van der Waals surface area (Å²) >= 11 is 0. The Kier molecular flexibility index (Phi) is 6.95. The zero-order valence-corrected chi connectivity index (χ0v) is 16.2. The molecule has 146 valence electrons. The van der Waals surface area contributed by atoms with Crippen molar-refractivity contribution >= 4 is 18.3 Å². The van der Waals surface area contributed by atoms with E-state index in [1.807, 2.05) is 24.3 Å². The summed E-state index contributed by atoms with van der Waals surface area (Å²) in [5, 5.41) is 2.83. The first-order chi connectivity index (χ1) is 12.4. The monoisotopic (exact) mass is 394 g/mol. The summed E-state index contributed by atoms with van der Waals surface area (Å²) in [7, 11) is 0. The number of halogens is 3. The lowest BCUT2D eigenvalue weighted by Crippen LogP contribution is -2.33. The lowest BCUT2D eigenvalue weighted by Gasteiger charge is -2.15. The molecular formula is C21H25ClF2N2O. The average molecular weight is 395 g/mol. The van der Waals surface area contributed by atoms with E-state index in [4.69, 9.17) is 5.73 Å². The van der Waals surface area contributed by atoms with E-state index in [1.165, 1.54) is 11.6 Å². The van der Waals surface area contributed by atoms with Gasteiger partial charge in [-0.25, -0.2) is 8.78 Å². The van der Waals surface area contributed by atoms with Gasteiger partial charge in [0.15, 0.2) is 11.6 Å². The van der Waals surface area contributed by atoms with Gasteiger partial charge in [-0.3, -0.25) is 4.79 Å². The highest BCUT2D eigenvalue weighted by Crippen LogP contribution is 2.48. The highest BCUT2D eigenvalue weighted by atomic mass is 35.5. The van der Waals surface area contributed by atoms with Crippen LogP contribution in [0.2, 0.25) is 0 Å².